The third-order valence-corrected chi connectivity index (χ3v) is 2.44. The Balaban J connectivity index is 2.51. The van der Waals surface area contributed by atoms with Crippen LogP contribution in [0.5, 0.6) is 0 Å². The van der Waals surface area contributed by atoms with Gasteiger partial charge in [0, 0.05) is 0 Å². The van der Waals surface area contributed by atoms with E-state index < -0.39 is 12.0 Å². The van der Waals surface area contributed by atoms with Crippen molar-refractivity contribution in [3.63, 3.8) is 0 Å². The lowest BCUT2D eigenvalue weighted by Crippen LogP contribution is -2.39. The van der Waals surface area contributed by atoms with E-state index in [9.17, 15) is 4.79 Å². The van der Waals surface area contributed by atoms with Crippen molar-refractivity contribution in [2.45, 2.75) is 19.6 Å². The molecule has 4 nitrogen and oxygen atoms in total. The Kier molecular flexibility index (Phi) is 6.57. The zero-order chi connectivity index (χ0) is 14.1. The molecule has 0 aliphatic heterocycles. The first-order chi connectivity index (χ1) is 9.19. The van der Waals surface area contributed by atoms with Gasteiger partial charge in [-0.2, -0.15) is 5.48 Å². The number of hydroxylamine groups is 1. The maximum atomic E-state index is 11.7. The Labute approximate surface area is 113 Å². The maximum Gasteiger partial charge on any atom is 0.330 e. The van der Waals surface area contributed by atoms with E-state index in [2.05, 4.69) is 18.6 Å². The lowest BCUT2D eigenvalue weighted by Gasteiger charge is -2.17. The third kappa shape index (κ3) is 5.07. The minimum Gasteiger partial charge on any atom is -0.465 e. The molecule has 0 saturated carbocycles. The van der Waals surface area contributed by atoms with Crippen LogP contribution in [-0.2, 0) is 21.0 Å². The van der Waals surface area contributed by atoms with Gasteiger partial charge in [-0.1, -0.05) is 49.6 Å². The molecule has 1 aromatic rings. The molecular weight excluding hydrogens is 242 g/mol. The van der Waals surface area contributed by atoms with E-state index in [0.717, 1.165) is 5.56 Å². The molecule has 1 rings (SSSR count). The molecule has 0 saturated heterocycles. The van der Waals surface area contributed by atoms with Crippen molar-refractivity contribution in [3.05, 3.63) is 60.7 Å². The summed E-state index contributed by atoms with van der Waals surface area (Å²) in [5.74, 6) is -0.430. The Bertz CT molecular complexity index is 428. The highest BCUT2D eigenvalue weighted by Crippen LogP contribution is 2.05. The lowest BCUT2D eigenvalue weighted by molar-refractivity contribution is -0.148. The SMILES string of the molecule is C=CC(=C)C(NOCc1ccccc1)C(=O)OCC. The number of ether oxygens (including phenoxy) is 1. The highest BCUT2D eigenvalue weighted by molar-refractivity contribution is 5.80. The second kappa shape index (κ2) is 8.24. The van der Waals surface area contributed by atoms with Crippen LogP contribution in [0.4, 0.5) is 0 Å². The number of hydrogen-bond donors (Lipinski definition) is 1. The van der Waals surface area contributed by atoms with Crippen LogP contribution in [-0.4, -0.2) is 18.6 Å². The van der Waals surface area contributed by atoms with Gasteiger partial charge < -0.3 is 4.74 Å². The first-order valence-electron chi connectivity index (χ1n) is 6.08. The van der Waals surface area contributed by atoms with Crippen LogP contribution in [0.3, 0.4) is 0 Å². The maximum absolute atomic E-state index is 11.7. The first kappa shape index (κ1) is 15.1. The van der Waals surface area contributed by atoms with Gasteiger partial charge in [0.25, 0.3) is 0 Å². The third-order valence-electron chi connectivity index (χ3n) is 2.44. The molecule has 0 aliphatic carbocycles. The van der Waals surface area contributed by atoms with Crippen LogP contribution in [0.25, 0.3) is 0 Å². The molecule has 0 heterocycles. The second-order valence-electron chi connectivity index (χ2n) is 3.86. The zero-order valence-corrected chi connectivity index (χ0v) is 11.1. The number of carbonyl (C=O) groups excluding carboxylic acids is 1. The van der Waals surface area contributed by atoms with Gasteiger partial charge in [-0.25, -0.2) is 4.79 Å². The summed E-state index contributed by atoms with van der Waals surface area (Å²) in [5.41, 5.74) is 4.17. The first-order valence-corrected chi connectivity index (χ1v) is 6.08. The van der Waals surface area contributed by atoms with Gasteiger partial charge in [0.1, 0.15) is 0 Å². The summed E-state index contributed by atoms with van der Waals surface area (Å²) in [6.45, 7) is 9.73. The number of rotatable bonds is 8. The average molecular weight is 261 g/mol. The predicted octanol–water partition coefficient (Wildman–Crippen LogP) is 2.38. The summed E-state index contributed by atoms with van der Waals surface area (Å²) in [4.78, 5) is 17.0. The van der Waals surface area contributed by atoms with Gasteiger partial charge in [0.15, 0.2) is 6.04 Å². The molecule has 0 amide bonds. The molecular formula is C15H19NO3. The van der Waals surface area contributed by atoms with Crippen molar-refractivity contribution in [2.24, 2.45) is 0 Å². The minimum absolute atomic E-state index is 0.306. The summed E-state index contributed by atoms with van der Waals surface area (Å²) in [6.07, 6.45) is 1.50. The van der Waals surface area contributed by atoms with Crippen molar-refractivity contribution in [1.29, 1.82) is 0 Å². The molecule has 1 atom stereocenters. The minimum atomic E-state index is -0.735. The zero-order valence-electron chi connectivity index (χ0n) is 11.1. The highest BCUT2D eigenvalue weighted by atomic mass is 16.6. The summed E-state index contributed by atoms with van der Waals surface area (Å²) in [5, 5.41) is 0. The standard InChI is InChI=1S/C15H19NO3/c1-4-12(3)14(15(17)18-5-2)16-19-11-13-9-7-6-8-10-13/h4,6-10,14,16H,1,3,5,11H2,2H3. The number of esters is 1. The van der Waals surface area contributed by atoms with E-state index in [1.54, 1.807) is 6.92 Å². The molecule has 102 valence electrons. The molecule has 1 aromatic carbocycles. The van der Waals surface area contributed by atoms with Crippen molar-refractivity contribution >= 4 is 5.97 Å². The summed E-state index contributed by atoms with van der Waals surface area (Å²) in [7, 11) is 0. The van der Waals surface area contributed by atoms with Crippen LogP contribution in [0.1, 0.15) is 12.5 Å². The fourth-order valence-corrected chi connectivity index (χ4v) is 1.40. The van der Waals surface area contributed by atoms with E-state index >= 15 is 0 Å². The summed E-state index contributed by atoms with van der Waals surface area (Å²) in [6, 6.07) is 8.90. The fourth-order valence-electron chi connectivity index (χ4n) is 1.40. The Hall–Kier alpha value is -1.91. The van der Waals surface area contributed by atoms with Gasteiger partial charge in [0.2, 0.25) is 0 Å². The average Bonchev–Trinajstić information content (AvgIpc) is 2.44. The van der Waals surface area contributed by atoms with Crippen molar-refractivity contribution in [1.82, 2.24) is 5.48 Å². The van der Waals surface area contributed by atoms with Crippen molar-refractivity contribution in [2.75, 3.05) is 6.61 Å². The van der Waals surface area contributed by atoms with E-state index in [4.69, 9.17) is 9.57 Å². The fraction of sp³-hybridized carbons (Fsp3) is 0.267. The molecule has 19 heavy (non-hydrogen) atoms. The monoisotopic (exact) mass is 261 g/mol. The summed E-state index contributed by atoms with van der Waals surface area (Å²) >= 11 is 0. The largest absolute Gasteiger partial charge is 0.465 e. The molecule has 0 radical (unpaired) electrons. The van der Waals surface area contributed by atoms with Crippen LogP contribution in [0.2, 0.25) is 0 Å². The predicted molar refractivity (Wildman–Crippen MR) is 74.1 cm³/mol. The van der Waals surface area contributed by atoms with Crippen molar-refractivity contribution < 1.29 is 14.4 Å². The van der Waals surface area contributed by atoms with Gasteiger partial charge >= 0.3 is 5.97 Å². The number of benzene rings is 1. The smallest absolute Gasteiger partial charge is 0.330 e. The van der Waals surface area contributed by atoms with Crippen LogP contribution < -0.4 is 5.48 Å². The molecule has 0 bridgehead atoms. The second-order valence-corrected chi connectivity index (χ2v) is 3.86. The number of hydrogen-bond acceptors (Lipinski definition) is 4. The Morgan fingerprint density at radius 1 is 1.42 bits per heavy atom. The van der Waals surface area contributed by atoms with Crippen molar-refractivity contribution in [3.8, 4) is 0 Å². The van der Waals surface area contributed by atoms with E-state index in [0.29, 0.717) is 18.8 Å². The normalized spacial score (nSPS) is 11.6. The van der Waals surface area contributed by atoms with Gasteiger partial charge in [0.05, 0.1) is 13.2 Å². The van der Waals surface area contributed by atoms with Crippen LogP contribution in [0, 0.1) is 0 Å². The van der Waals surface area contributed by atoms with Gasteiger partial charge in [-0.05, 0) is 18.1 Å². The summed E-state index contributed by atoms with van der Waals surface area (Å²) < 4.78 is 4.94. The van der Waals surface area contributed by atoms with E-state index in [-0.39, 0.29) is 0 Å². The molecule has 4 heteroatoms. The quantitative estimate of drug-likeness (QED) is 0.443. The van der Waals surface area contributed by atoms with Gasteiger partial charge in [-0.15, -0.1) is 0 Å². The van der Waals surface area contributed by atoms with Crippen LogP contribution >= 0.6 is 0 Å². The van der Waals surface area contributed by atoms with E-state index in [1.165, 1.54) is 6.08 Å². The number of nitrogens with one attached hydrogen (secondary N) is 1. The Morgan fingerprint density at radius 3 is 2.68 bits per heavy atom. The molecule has 0 spiro atoms. The van der Waals surface area contributed by atoms with Gasteiger partial charge in [-0.3, -0.25) is 4.84 Å². The molecule has 1 N–H and O–H groups in total. The van der Waals surface area contributed by atoms with Crippen LogP contribution in [0.15, 0.2) is 55.1 Å². The molecule has 0 fully saturated rings. The molecule has 0 aliphatic rings. The highest BCUT2D eigenvalue weighted by Gasteiger charge is 2.21. The van der Waals surface area contributed by atoms with E-state index in [1.807, 2.05) is 30.3 Å². The topological polar surface area (TPSA) is 47.6 Å². The Morgan fingerprint density at radius 2 is 2.11 bits per heavy atom. The number of carbonyl (C=O) groups is 1. The molecule has 1 unspecified atom stereocenters. The molecule has 0 aromatic heterocycles. The lowest BCUT2D eigenvalue weighted by atomic mass is 10.1.